The third kappa shape index (κ3) is 4.75. The van der Waals surface area contributed by atoms with Crippen molar-refractivity contribution in [2.24, 2.45) is 5.10 Å². The normalized spacial score (nSPS) is 11.2. The van der Waals surface area contributed by atoms with Crippen LogP contribution in [0.25, 0.3) is 0 Å². The van der Waals surface area contributed by atoms with Gasteiger partial charge in [0.15, 0.2) is 5.03 Å². The summed E-state index contributed by atoms with van der Waals surface area (Å²) < 4.78 is 0.908. The molecule has 0 spiro atoms. The number of hydrogen-bond acceptors (Lipinski definition) is 4. The lowest BCUT2D eigenvalue weighted by Crippen LogP contribution is -2.20. The summed E-state index contributed by atoms with van der Waals surface area (Å²) in [6, 6.07) is 3.78. The first-order chi connectivity index (χ1) is 7.61. The van der Waals surface area contributed by atoms with Crippen LogP contribution < -0.4 is 5.32 Å². The maximum atomic E-state index is 10.2. The number of halogens is 1. The fourth-order valence-corrected chi connectivity index (χ4v) is 1.60. The average Bonchev–Trinajstić information content (AvgIpc) is 2.26. The van der Waals surface area contributed by atoms with Gasteiger partial charge in [-0.1, -0.05) is 17.8 Å². The van der Waals surface area contributed by atoms with Gasteiger partial charge in [-0.15, -0.1) is 0 Å². The highest BCUT2D eigenvalue weighted by Crippen LogP contribution is 2.03. The third-order valence-electron chi connectivity index (χ3n) is 1.60. The minimum atomic E-state index is -0.717. The molecule has 1 aromatic heterocycles. The van der Waals surface area contributed by atoms with Crippen LogP contribution in [-0.4, -0.2) is 21.4 Å². The Kier molecular flexibility index (Phi) is 5.46. The summed E-state index contributed by atoms with van der Waals surface area (Å²) in [5, 5.41) is 15.8. The van der Waals surface area contributed by atoms with Crippen molar-refractivity contribution in [1.29, 1.82) is 0 Å². The predicted octanol–water partition coefficient (Wildman–Crippen LogP) is 1.69. The highest BCUT2D eigenvalue weighted by Gasteiger charge is 2.03. The molecule has 1 N–H and O–H groups in total. The molecule has 8 heteroatoms. The summed E-state index contributed by atoms with van der Waals surface area (Å²) in [7, 11) is 0. The van der Waals surface area contributed by atoms with Crippen LogP contribution in [0, 0.1) is 13.8 Å². The average molecular weight is 352 g/mol. The molecule has 86 valence electrons. The summed E-state index contributed by atoms with van der Waals surface area (Å²) in [5.41, 5.74) is 0.950. The van der Waals surface area contributed by atoms with Crippen molar-refractivity contribution in [3.8, 4) is 0 Å². The molecule has 0 saturated carbocycles. The lowest BCUT2D eigenvalue weighted by atomic mass is 10.3. The maximum Gasteiger partial charge on any atom is 0.235 e. The summed E-state index contributed by atoms with van der Waals surface area (Å²) in [6.45, 7) is 0.470. The molecule has 1 aromatic rings. The van der Waals surface area contributed by atoms with Gasteiger partial charge in [0.25, 0.3) is 0 Å². The number of aromatic nitrogens is 1. The SMILES string of the molecule is CS/C(=N\[N+](=O)[O-])NCc1ccc(I)nc1. The number of thioether (sulfide) groups is 1. The highest BCUT2D eigenvalue weighted by atomic mass is 127. The van der Waals surface area contributed by atoms with E-state index in [2.05, 4.69) is 38.0 Å². The number of pyridine rings is 1. The van der Waals surface area contributed by atoms with Gasteiger partial charge in [0.05, 0.1) is 5.10 Å². The van der Waals surface area contributed by atoms with E-state index in [-0.39, 0.29) is 5.17 Å². The first-order valence-corrected chi connectivity index (χ1v) is 6.53. The minimum absolute atomic E-state index is 0.281. The lowest BCUT2D eigenvalue weighted by molar-refractivity contribution is -0.484. The Labute approximate surface area is 110 Å². The number of nitrogens with zero attached hydrogens (tertiary/aromatic N) is 3. The van der Waals surface area contributed by atoms with Crippen molar-refractivity contribution >= 4 is 39.5 Å². The molecule has 0 saturated heterocycles. The zero-order chi connectivity index (χ0) is 12.0. The molecule has 1 rings (SSSR count). The maximum absolute atomic E-state index is 10.2. The smallest absolute Gasteiger partial charge is 0.235 e. The Balaban J connectivity index is 2.56. The van der Waals surface area contributed by atoms with E-state index < -0.39 is 5.03 Å². The quantitative estimate of drug-likeness (QED) is 0.224. The lowest BCUT2D eigenvalue weighted by Gasteiger charge is -2.04. The van der Waals surface area contributed by atoms with Crippen molar-refractivity contribution in [2.45, 2.75) is 6.54 Å². The molecule has 0 radical (unpaired) electrons. The van der Waals surface area contributed by atoms with Gasteiger partial charge in [0, 0.05) is 12.7 Å². The van der Waals surface area contributed by atoms with E-state index >= 15 is 0 Å². The van der Waals surface area contributed by atoms with E-state index in [0.29, 0.717) is 6.54 Å². The number of rotatable bonds is 3. The minimum Gasteiger partial charge on any atom is -0.355 e. The number of hydrogen-bond donors (Lipinski definition) is 1. The van der Waals surface area contributed by atoms with Crippen LogP contribution in [0.2, 0.25) is 0 Å². The van der Waals surface area contributed by atoms with Gasteiger partial charge in [-0.2, -0.15) is 0 Å². The first-order valence-electron chi connectivity index (χ1n) is 4.23. The van der Waals surface area contributed by atoms with Gasteiger partial charge >= 0.3 is 0 Å². The monoisotopic (exact) mass is 352 g/mol. The Morgan fingerprint density at radius 3 is 3.00 bits per heavy atom. The predicted molar refractivity (Wildman–Crippen MR) is 71.7 cm³/mol. The van der Waals surface area contributed by atoms with E-state index in [1.807, 2.05) is 12.1 Å². The Bertz CT molecular complexity index is 396. The van der Waals surface area contributed by atoms with E-state index in [9.17, 15) is 10.1 Å². The van der Waals surface area contributed by atoms with Crippen LogP contribution in [0.1, 0.15) is 5.56 Å². The summed E-state index contributed by atoms with van der Waals surface area (Å²) in [6.07, 6.45) is 3.44. The molecule has 0 unspecified atom stereocenters. The van der Waals surface area contributed by atoms with Crippen molar-refractivity contribution in [3.63, 3.8) is 0 Å². The molecule has 0 aromatic carbocycles. The number of nitrogens with one attached hydrogen (secondary N) is 1. The standard InChI is InChI=1S/C8H9IN4O2S/c1-16-8(12-13(14)15)11-5-6-2-3-7(9)10-4-6/h2-4H,5H2,1H3,(H,11,12). The Hall–Kier alpha value is -0.900. The number of hydrazone groups is 1. The van der Waals surface area contributed by atoms with E-state index in [1.54, 1.807) is 12.5 Å². The van der Waals surface area contributed by atoms with Gasteiger partial charge in [-0.25, -0.2) is 15.1 Å². The zero-order valence-electron chi connectivity index (χ0n) is 8.38. The largest absolute Gasteiger partial charge is 0.355 e. The molecule has 0 aliphatic rings. The second kappa shape index (κ2) is 6.63. The van der Waals surface area contributed by atoms with Gasteiger partial charge in [0.2, 0.25) is 5.17 Å². The fourth-order valence-electron chi connectivity index (χ4n) is 0.911. The van der Waals surface area contributed by atoms with Gasteiger partial charge in [0.1, 0.15) is 3.70 Å². The van der Waals surface area contributed by atoms with Gasteiger partial charge < -0.3 is 5.32 Å². The molecular weight excluding hydrogens is 343 g/mol. The second-order valence-corrected chi connectivity index (χ2v) is 4.59. The Morgan fingerprint density at radius 1 is 1.75 bits per heavy atom. The van der Waals surface area contributed by atoms with E-state index in [1.165, 1.54) is 11.8 Å². The Morgan fingerprint density at radius 2 is 2.50 bits per heavy atom. The van der Waals surface area contributed by atoms with E-state index in [4.69, 9.17) is 0 Å². The van der Waals surface area contributed by atoms with Crippen LogP contribution in [0.15, 0.2) is 23.4 Å². The molecule has 0 aliphatic heterocycles. The van der Waals surface area contributed by atoms with Gasteiger partial charge in [-0.3, -0.25) is 0 Å². The molecule has 0 bridgehead atoms. The van der Waals surface area contributed by atoms with Gasteiger partial charge in [-0.05, 0) is 40.5 Å². The molecule has 0 amide bonds. The molecule has 0 fully saturated rings. The molecule has 1 heterocycles. The van der Waals surface area contributed by atoms with Crippen LogP contribution in [0.4, 0.5) is 0 Å². The van der Waals surface area contributed by atoms with Crippen LogP contribution in [-0.2, 0) is 6.54 Å². The van der Waals surface area contributed by atoms with Crippen LogP contribution in [0.5, 0.6) is 0 Å². The zero-order valence-corrected chi connectivity index (χ0v) is 11.4. The van der Waals surface area contributed by atoms with Crippen molar-refractivity contribution in [1.82, 2.24) is 10.3 Å². The summed E-state index contributed by atoms with van der Waals surface area (Å²) in [4.78, 5) is 14.3. The van der Waals surface area contributed by atoms with Crippen LogP contribution >= 0.6 is 34.4 Å². The fraction of sp³-hybridized carbons (Fsp3) is 0.250. The molecular formula is C8H9IN4O2S. The molecule has 0 aliphatic carbocycles. The summed E-state index contributed by atoms with van der Waals surface area (Å²) >= 11 is 3.31. The highest BCUT2D eigenvalue weighted by molar-refractivity contribution is 14.1. The van der Waals surface area contributed by atoms with E-state index in [0.717, 1.165) is 9.26 Å². The van der Waals surface area contributed by atoms with Crippen molar-refractivity contribution in [3.05, 3.63) is 37.7 Å². The van der Waals surface area contributed by atoms with Crippen LogP contribution in [0.3, 0.4) is 0 Å². The number of nitro groups is 1. The molecule has 0 atom stereocenters. The third-order valence-corrected chi connectivity index (χ3v) is 2.85. The van der Waals surface area contributed by atoms with Crippen molar-refractivity contribution in [2.75, 3.05) is 6.26 Å². The second-order valence-electron chi connectivity index (χ2n) is 2.69. The molecule has 6 nitrogen and oxygen atoms in total. The van der Waals surface area contributed by atoms with Crippen molar-refractivity contribution < 1.29 is 5.03 Å². The topological polar surface area (TPSA) is 80.4 Å². The molecule has 16 heavy (non-hydrogen) atoms. The summed E-state index contributed by atoms with van der Waals surface area (Å²) in [5.74, 6) is 0. The number of amidine groups is 1. The first kappa shape index (κ1) is 13.2.